The van der Waals surface area contributed by atoms with E-state index in [0.717, 1.165) is 0 Å². The van der Waals surface area contributed by atoms with Crippen LogP contribution in [0.25, 0.3) is 0 Å². The summed E-state index contributed by atoms with van der Waals surface area (Å²) in [6.45, 7) is 3.68. The summed E-state index contributed by atoms with van der Waals surface area (Å²) < 4.78 is 9.88. The number of carbonyl (C=O) groups is 2. The van der Waals surface area contributed by atoms with Gasteiger partial charge in [-0.3, -0.25) is 4.79 Å². The smallest absolute Gasteiger partial charge is 0.328 e. The molecule has 1 unspecified atom stereocenters. The van der Waals surface area contributed by atoms with Gasteiger partial charge in [0.2, 0.25) is 5.91 Å². The molecule has 0 aromatic heterocycles. The number of nitrogens with one attached hydrogen (secondary N) is 1. The first-order valence-electron chi connectivity index (χ1n) is 6.58. The van der Waals surface area contributed by atoms with Crippen molar-refractivity contribution in [3.05, 3.63) is 28.8 Å². The number of hydrogen-bond acceptors (Lipinski definition) is 4. The van der Waals surface area contributed by atoms with Crippen LogP contribution in [0.1, 0.15) is 19.4 Å². The first-order valence-corrected chi connectivity index (χ1v) is 6.96. The van der Waals surface area contributed by atoms with Crippen molar-refractivity contribution in [1.82, 2.24) is 5.32 Å². The van der Waals surface area contributed by atoms with Crippen LogP contribution >= 0.6 is 11.6 Å². The highest BCUT2D eigenvalue weighted by Crippen LogP contribution is 2.23. The van der Waals surface area contributed by atoms with E-state index < -0.39 is 12.0 Å². The van der Waals surface area contributed by atoms with Crippen molar-refractivity contribution >= 4 is 23.5 Å². The molecule has 0 aliphatic carbocycles. The van der Waals surface area contributed by atoms with Gasteiger partial charge in [-0.15, -0.1) is 0 Å². The molecule has 0 aliphatic heterocycles. The number of esters is 1. The highest BCUT2D eigenvalue weighted by Gasteiger charge is 2.25. The molecular formula is C15H20ClNO4. The molecule has 0 bridgehead atoms. The van der Waals surface area contributed by atoms with E-state index in [1.165, 1.54) is 14.2 Å². The summed E-state index contributed by atoms with van der Waals surface area (Å²) in [6, 6.07) is 4.39. The lowest BCUT2D eigenvalue weighted by Gasteiger charge is -2.20. The van der Waals surface area contributed by atoms with Crippen LogP contribution in [0, 0.1) is 5.92 Å². The SMILES string of the molecule is COC(=O)C(NC(=O)Cc1ccc(Cl)cc1OC)C(C)C. The van der Waals surface area contributed by atoms with E-state index in [1.807, 2.05) is 13.8 Å². The predicted molar refractivity (Wildman–Crippen MR) is 80.5 cm³/mol. The van der Waals surface area contributed by atoms with Gasteiger partial charge in [-0.2, -0.15) is 0 Å². The van der Waals surface area contributed by atoms with Crippen LogP contribution in [-0.4, -0.2) is 32.1 Å². The van der Waals surface area contributed by atoms with E-state index in [0.29, 0.717) is 16.3 Å². The fraction of sp³-hybridized carbons (Fsp3) is 0.467. The normalized spacial score (nSPS) is 11.9. The summed E-state index contributed by atoms with van der Waals surface area (Å²) in [5.41, 5.74) is 0.701. The van der Waals surface area contributed by atoms with Gasteiger partial charge in [0.25, 0.3) is 0 Å². The van der Waals surface area contributed by atoms with E-state index in [4.69, 9.17) is 16.3 Å². The molecule has 1 aromatic rings. The molecule has 6 heteroatoms. The summed E-state index contributed by atoms with van der Waals surface area (Å²) in [5, 5.41) is 3.21. The third-order valence-electron chi connectivity index (χ3n) is 3.04. The van der Waals surface area contributed by atoms with Crippen molar-refractivity contribution in [3.8, 4) is 5.75 Å². The molecule has 116 valence electrons. The van der Waals surface area contributed by atoms with Crippen molar-refractivity contribution < 1.29 is 19.1 Å². The predicted octanol–water partition coefficient (Wildman–Crippen LogP) is 2.20. The van der Waals surface area contributed by atoms with Gasteiger partial charge in [-0.05, 0) is 18.1 Å². The first kappa shape index (κ1) is 17.3. The van der Waals surface area contributed by atoms with Crippen LogP contribution in [-0.2, 0) is 20.7 Å². The molecule has 1 N–H and O–H groups in total. The number of rotatable bonds is 6. The summed E-state index contributed by atoms with van der Waals surface area (Å²) in [6.07, 6.45) is 0.0978. The van der Waals surface area contributed by atoms with Crippen molar-refractivity contribution in [2.75, 3.05) is 14.2 Å². The minimum Gasteiger partial charge on any atom is -0.496 e. The Balaban J connectivity index is 2.79. The van der Waals surface area contributed by atoms with Crippen LogP contribution in [0.3, 0.4) is 0 Å². The number of halogens is 1. The number of hydrogen-bond donors (Lipinski definition) is 1. The summed E-state index contributed by atoms with van der Waals surface area (Å²) in [7, 11) is 2.81. The molecule has 0 saturated heterocycles. The zero-order valence-electron chi connectivity index (χ0n) is 12.6. The van der Waals surface area contributed by atoms with Crippen molar-refractivity contribution in [3.63, 3.8) is 0 Å². The van der Waals surface area contributed by atoms with Crippen molar-refractivity contribution in [2.45, 2.75) is 26.3 Å². The second-order valence-corrected chi connectivity index (χ2v) is 5.38. The van der Waals surface area contributed by atoms with Gasteiger partial charge in [-0.25, -0.2) is 4.79 Å². The van der Waals surface area contributed by atoms with Crippen molar-refractivity contribution in [1.29, 1.82) is 0 Å². The lowest BCUT2D eigenvalue weighted by molar-refractivity contribution is -0.146. The lowest BCUT2D eigenvalue weighted by atomic mass is 10.0. The van der Waals surface area contributed by atoms with Gasteiger partial charge < -0.3 is 14.8 Å². The topological polar surface area (TPSA) is 64.6 Å². The molecule has 0 fully saturated rings. The molecule has 1 atom stereocenters. The highest BCUT2D eigenvalue weighted by molar-refractivity contribution is 6.30. The molecule has 21 heavy (non-hydrogen) atoms. The quantitative estimate of drug-likeness (QED) is 0.818. The zero-order valence-corrected chi connectivity index (χ0v) is 13.4. The van der Waals surface area contributed by atoms with Crippen LogP contribution in [0.4, 0.5) is 0 Å². The molecule has 0 saturated carbocycles. The Bertz CT molecular complexity index is 516. The largest absolute Gasteiger partial charge is 0.496 e. The molecule has 0 aliphatic rings. The summed E-state index contributed by atoms with van der Waals surface area (Å²) >= 11 is 5.88. The van der Waals surface area contributed by atoms with Gasteiger partial charge in [0.05, 0.1) is 20.6 Å². The fourth-order valence-electron chi connectivity index (χ4n) is 1.89. The molecular weight excluding hydrogens is 294 g/mol. The van der Waals surface area contributed by atoms with Gasteiger partial charge in [0.1, 0.15) is 11.8 Å². The third kappa shape index (κ3) is 4.93. The summed E-state index contributed by atoms with van der Waals surface area (Å²) in [4.78, 5) is 23.7. The van der Waals surface area contributed by atoms with E-state index in [2.05, 4.69) is 10.1 Å². The number of benzene rings is 1. The maximum absolute atomic E-state index is 12.1. The Morgan fingerprint density at radius 3 is 2.48 bits per heavy atom. The van der Waals surface area contributed by atoms with E-state index in [1.54, 1.807) is 18.2 Å². The molecule has 0 radical (unpaired) electrons. The van der Waals surface area contributed by atoms with E-state index in [-0.39, 0.29) is 18.2 Å². The molecule has 1 rings (SSSR count). The standard InChI is InChI=1S/C15H20ClNO4/c1-9(2)14(15(19)21-4)17-13(18)7-10-5-6-11(16)8-12(10)20-3/h5-6,8-9,14H,7H2,1-4H3,(H,17,18). The maximum Gasteiger partial charge on any atom is 0.328 e. The fourth-order valence-corrected chi connectivity index (χ4v) is 2.05. The molecule has 1 aromatic carbocycles. The van der Waals surface area contributed by atoms with Crippen LogP contribution in [0.2, 0.25) is 5.02 Å². The molecule has 5 nitrogen and oxygen atoms in total. The molecule has 0 heterocycles. The third-order valence-corrected chi connectivity index (χ3v) is 3.27. The van der Waals surface area contributed by atoms with Gasteiger partial charge in [0.15, 0.2) is 0 Å². The van der Waals surface area contributed by atoms with Crippen LogP contribution in [0.5, 0.6) is 5.75 Å². The zero-order chi connectivity index (χ0) is 16.0. The number of amides is 1. The number of methoxy groups -OCH3 is 2. The average molecular weight is 314 g/mol. The number of ether oxygens (including phenoxy) is 2. The second-order valence-electron chi connectivity index (χ2n) is 4.95. The Kier molecular flexibility index (Phi) is 6.49. The first-order chi connectivity index (χ1) is 9.88. The van der Waals surface area contributed by atoms with Gasteiger partial charge >= 0.3 is 5.97 Å². The Hall–Kier alpha value is -1.75. The number of carbonyl (C=O) groups excluding carboxylic acids is 2. The average Bonchev–Trinajstić information content (AvgIpc) is 2.45. The van der Waals surface area contributed by atoms with Gasteiger partial charge in [0, 0.05) is 10.6 Å². The van der Waals surface area contributed by atoms with Crippen molar-refractivity contribution in [2.24, 2.45) is 5.92 Å². The highest BCUT2D eigenvalue weighted by atomic mass is 35.5. The van der Waals surface area contributed by atoms with Gasteiger partial charge in [-0.1, -0.05) is 31.5 Å². The second kappa shape index (κ2) is 7.88. The monoisotopic (exact) mass is 313 g/mol. The van der Waals surface area contributed by atoms with Crippen LogP contribution < -0.4 is 10.1 Å². The maximum atomic E-state index is 12.1. The lowest BCUT2D eigenvalue weighted by Crippen LogP contribution is -2.45. The van der Waals surface area contributed by atoms with E-state index in [9.17, 15) is 9.59 Å². The Labute approximate surface area is 129 Å². The summed E-state index contributed by atoms with van der Waals surface area (Å²) in [5.74, 6) is -0.258. The Morgan fingerprint density at radius 2 is 1.95 bits per heavy atom. The van der Waals surface area contributed by atoms with E-state index >= 15 is 0 Å². The van der Waals surface area contributed by atoms with Crippen LogP contribution in [0.15, 0.2) is 18.2 Å². The minimum atomic E-state index is -0.666. The minimum absolute atomic E-state index is 0.0616. The molecule has 0 spiro atoms. The Morgan fingerprint density at radius 1 is 1.29 bits per heavy atom. The molecule has 1 amide bonds.